The van der Waals surface area contributed by atoms with Crippen molar-refractivity contribution in [2.75, 3.05) is 39.6 Å². The van der Waals surface area contributed by atoms with E-state index in [1.165, 1.54) is 218 Å². The Hall–Kier alpha value is -5.35. The van der Waals surface area contributed by atoms with Gasteiger partial charge in [0.2, 0.25) is 0 Å². The van der Waals surface area contributed by atoms with Crippen LogP contribution in [0.5, 0.6) is 0 Å². The van der Waals surface area contributed by atoms with Crippen molar-refractivity contribution >= 4 is 33.6 Å². The fourth-order valence-electron chi connectivity index (χ4n) is 14.3. The number of aliphatic hydroxyl groups excluding tert-OH is 2. The first kappa shape index (κ1) is 124. The Balaban J connectivity index is 4.62. The minimum Gasteiger partial charge on any atom is -0.463 e. The third-order valence-electron chi connectivity index (χ3n) is 22.1. The smallest absolute Gasteiger partial charge is 0.463 e. The number of carbonyl (C=O) groups excluding carboxylic acids is 3. The van der Waals surface area contributed by atoms with E-state index in [0.29, 0.717) is 19.3 Å². The molecule has 0 spiro atoms. The molecule has 0 saturated heterocycles. The van der Waals surface area contributed by atoms with Crippen LogP contribution in [0.4, 0.5) is 0 Å². The van der Waals surface area contributed by atoms with Gasteiger partial charge in [-0.25, -0.2) is 9.13 Å². The van der Waals surface area contributed by atoms with Gasteiger partial charge in [-0.05, 0) is 161 Å². The molecule has 0 aromatic heterocycles. The molecule has 129 heavy (non-hydrogen) atoms. The van der Waals surface area contributed by atoms with Crippen LogP contribution in [-0.4, -0.2) is 95.9 Å². The molecule has 740 valence electrons. The first-order valence-electron chi connectivity index (χ1n) is 52.1. The Morgan fingerprint density at radius 3 is 0.651 bits per heavy atom. The number of hydrogen-bond donors (Lipinski definition) is 4. The highest BCUT2D eigenvalue weighted by molar-refractivity contribution is 7.47. The molecule has 0 heterocycles. The summed E-state index contributed by atoms with van der Waals surface area (Å²) < 4.78 is 61.7. The fourth-order valence-corrected chi connectivity index (χ4v) is 15.9. The Labute approximate surface area is 789 Å². The molecule has 4 N–H and O–H groups in total. The summed E-state index contributed by atoms with van der Waals surface area (Å²) in [5, 5.41) is 20.8. The van der Waals surface area contributed by atoms with Crippen LogP contribution in [0.15, 0.2) is 182 Å². The minimum absolute atomic E-state index is 0.100. The zero-order valence-corrected chi connectivity index (χ0v) is 83.8. The fraction of sp³-hybridized carbons (Fsp3) is 0.703. The van der Waals surface area contributed by atoms with Crippen LogP contribution in [0.3, 0.4) is 0 Å². The molecule has 0 aliphatic carbocycles. The van der Waals surface area contributed by atoms with Crippen LogP contribution in [0.1, 0.15) is 445 Å². The normalized spacial score (nSPS) is 14.4. The summed E-state index contributed by atoms with van der Waals surface area (Å²) in [6.45, 7) is 2.50. The Kier molecular flexibility index (Phi) is 97.4. The number of hydrogen-bond acceptors (Lipinski definition) is 14. The van der Waals surface area contributed by atoms with Crippen LogP contribution in [0.25, 0.3) is 0 Å². The maximum absolute atomic E-state index is 13.1. The number of allylic oxidation sites excluding steroid dienone is 30. The lowest BCUT2D eigenvalue weighted by atomic mass is 10.0. The van der Waals surface area contributed by atoms with E-state index < -0.39 is 91.5 Å². The highest BCUT2D eigenvalue weighted by Crippen LogP contribution is 2.45. The number of esters is 3. The highest BCUT2D eigenvalue weighted by atomic mass is 31.2. The van der Waals surface area contributed by atoms with Crippen molar-refractivity contribution in [1.29, 1.82) is 0 Å². The standard InChI is InChI=1S/C111H190O16P2/c1-4-7-10-13-16-19-22-25-28-31-34-37-40-43-46-49-51-52-54-57-58-61-64-67-70-73-76-79-82-85-88-91-94-97-109(114)121-100-106(112)101-123-128(117,118)124-102-107(113)103-125-129(119,120)126-105-108(127-111(116)99-96-93-90-87-84-81-78-75-72-69-66-63-60-55-48-45-42-39-36-33-30-27-24-21-18-15-12-9-6-3)104-122-110(115)98-95-92-89-86-83-80-77-74-71-68-65-62-59-56-53-50-47-44-41-38-35-32-29-26-23-20-17-14-11-8-5-2/h7-8,10-11,16-21,25-30,34-39,43-48,51-52,106-108,112-113H,4-6,9,12-15,22-24,31-33,40-42,49-50,53-105H2,1-3H3,(H,117,118)(H,119,120)/b10-7-,11-8-,19-16-,20-17-,21-18-,28-25-,29-26-,30-27-,37-34-,38-35-,39-36-,46-43-,47-44-,48-45-,52-51-. The number of ether oxygens (including phenoxy) is 3. The minimum atomic E-state index is -4.95. The van der Waals surface area contributed by atoms with E-state index >= 15 is 0 Å². The summed E-state index contributed by atoms with van der Waals surface area (Å²) in [6, 6.07) is 0. The maximum Gasteiger partial charge on any atom is 0.472 e. The van der Waals surface area contributed by atoms with Crippen molar-refractivity contribution in [2.24, 2.45) is 0 Å². The van der Waals surface area contributed by atoms with Gasteiger partial charge in [0.05, 0.1) is 26.4 Å². The summed E-state index contributed by atoms with van der Waals surface area (Å²) >= 11 is 0. The van der Waals surface area contributed by atoms with Crippen molar-refractivity contribution in [1.82, 2.24) is 0 Å². The van der Waals surface area contributed by atoms with Gasteiger partial charge < -0.3 is 34.2 Å². The Morgan fingerprint density at radius 2 is 0.411 bits per heavy atom. The van der Waals surface area contributed by atoms with Gasteiger partial charge in [-0.1, -0.05) is 447 Å². The molecule has 0 saturated carbocycles. The summed E-state index contributed by atoms with van der Waals surface area (Å²) in [7, 11) is -9.82. The van der Waals surface area contributed by atoms with Crippen LogP contribution in [-0.2, 0) is 55.8 Å². The third kappa shape index (κ3) is 103. The van der Waals surface area contributed by atoms with Crippen molar-refractivity contribution in [3.8, 4) is 0 Å². The van der Waals surface area contributed by atoms with Gasteiger partial charge in [0, 0.05) is 19.3 Å². The average Bonchev–Trinajstić information content (AvgIpc) is 0.898. The van der Waals surface area contributed by atoms with E-state index in [1.807, 2.05) is 0 Å². The second-order valence-electron chi connectivity index (χ2n) is 34.6. The molecule has 0 aliphatic heterocycles. The zero-order chi connectivity index (χ0) is 93.5. The molecule has 0 aromatic carbocycles. The van der Waals surface area contributed by atoms with Crippen molar-refractivity contribution < 1.29 is 75.8 Å². The molecule has 5 atom stereocenters. The molecule has 0 bridgehead atoms. The molecule has 0 fully saturated rings. The molecular formula is C111H190O16P2. The van der Waals surface area contributed by atoms with E-state index in [4.69, 9.17) is 32.3 Å². The number of aliphatic hydroxyl groups is 2. The molecule has 0 aromatic rings. The second-order valence-corrected chi connectivity index (χ2v) is 37.5. The van der Waals surface area contributed by atoms with E-state index in [-0.39, 0.29) is 19.3 Å². The lowest BCUT2D eigenvalue weighted by Gasteiger charge is -2.21. The van der Waals surface area contributed by atoms with Crippen LogP contribution < -0.4 is 0 Å². The van der Waals surface area contributed by atoms with Gasteiger partial charge in [0.15, 0.2) is 6.10 Å². The van der Waals surface area contributed by atoms with Gasteiger partial charge in [-0.15, -0.1) is 0 Å². The summed E-state index contributed by atoms with van der Waals surface area (Å²) in [4.78, 5) is 59.3. The van der Waals surface area contributed by atoms with Gasteiger partial charge in [-0.3, -0.25) is 32.5 Å². The average molecular weight is 1840 g/mol. The molecular weight excluding hydrogens is 1650 g/mol. The van der Waals surface area contributed by atoms with Gasteiger partial charge in [0.1, 0.15) is 25.4 Å². The number of rotatable bonds is 98. The third-order valence-corrected chi connectivity index (χ3v) is 24.0. The molecule has 0 rings (SSSR count). The first-order chi connectivity index (χ1) is 63.2. The molecule has 18 heteroatoms. The van der Waals surface area contributed by atoms with E-state index in [0.717, 1.165) is 167 Å². The number of carbonyl (C=O) groups is 3. The predicted octanol–water partition coefficient (Wildman–Crippen LogP) is 33.1. The van der Waals surface area contributed by atoms with Crippen LogP contribution >= 0.6 is 15.6 Å². The zero-order valence-electron chi connectivity index (χ0n) is 82.0. The monoisotopic (exact) mass is 1840 g/mol. The SMILES string of the molecule is CC/C=C\C/C=C\C/C=C\C/C=C\C/C=C\C/C=C\CCCCCCCCCCCCCCCCC(=O)OCC(O)COP(=O)(O)OCC(O)COP(=O)(O)OCC(COC(=O)CCCCCCCCCCCCCCCCC/C=C\C/C=C\C/C=C\C/C=C\C/C=C\CC)OC(=O)CCCCCCCCCCCCCCC/C=C\C/C=C\C/C=C\C/C=C\CCCCC. The quantitative estimate of drug-likeness (QED) is 0.0146. The van der Waals surface area contributed by atoms with Gasteiger partial charge >= 0.3 is 33.6 Å². The largest absolute Gasteiger partial charge is 0.472 e. The topological polar surface area (TPSA) is 231 Å². The lowest BCUT2D eigenvalue weighted by Crippen LogP contribution is -2.30. The Bertz CT molecular complexity index is 3080. The number of phosphoric acid groups is 2. The van der Waals surface area contributed by atoms with E-state index in [9.17, 15) is 43.5 Å². The van der Waals surface area contributed by atoms with E-state index in [2.05, 4.69) is 203 Å². The van der Waals surface area contributed by atoms with Crippen molar-refractivity contribution in [2.45, 2.75) is 463 Å². The summed E-state index contributed by atoms with van der Waals surface area (Å²) in [6.07, 6.45) is 135. The number of phosphoric ester groups is 2. The van der Waals surface area contributed by atoms with E-state index in [1.54, 1.807) is 0 Å². The molecule has 0 aliphatic rings. The van der Waals surface area contributed by atoms with Crippen molar-refractivity contribution in [3.05, 3.63) is 182 Å². The lowest BCUT2D eigenvalue weighted by molar-refractivity contribution is -0.161. The predicted molar refractivity (Wildman–Crippen MR) is 546 cm³/mol. The van der Waals surface area contributed by atoms with Crippen LogP contribution in [0, 0.1) is 0 Å². The van der Waals surface area contributed by atoms with Crippen LogP contribution in [0.2, 0.25) is 0 Å². The van der Waals surface area contributed by atoms with Crippen molar-refractivity contribution in [3.63, 3.8) is 0 Å². The number of unbranched alkanes of at least 4 members (excludes halogenated alkanes) is 45. The molecule has 5 unspecified atom stereocenters. The Morgan fingerprint density at radius 1 is 0.225 bits per heavy atom. The van der Waals surface area contributed by atoms with Gasteiger partial charge in [0.25, 0.3) is 0 Å². The highest BCUT2D eigenvalue weighted by Gasteiger charge is 2.30. The summed E-state index contributed by atoms with van der Waals surface area (Å²) in [5.74, 6) is -1.56. The molecule has 0 radical (unpaired) electrons. The first-order valence-corrected chi connectivity index (χ1v) is 55.1. The van der Waals surface area contributed by atoms with Gasteiger partial charge in [-0.2, -0.15) is 0 Å². The second kappa shape index (κ2) is 102. The maximum atomic E-state index is 13.1. The summed E-state index contributed by atoms with van der Waals surface area (Å²) in [5.41, 5.74) is 0. The molecule has 16 nitrogen and oxygen atoms in total. The molecule has 0 amide bonds.